The van der Waals surface area contributed by atoms with Crippen LogP contribution >= 0.6 is 0 Å². The standard InChI is InChI=1S/C17H18N4O2.C8H16N2O.C8H11N.C2H4O.CH2O/c1-18-16-17(21-15-7-5-4-6-14(15)20-16)19-11-8-12(22-2)10-13(9-11)23-3;1-9(2)8-3-4-10(7-8)5-6-11;1-7-4-3-5-8(6-7)9-2;1-2-3;1-2/h4-10H,1-3H3,(H,18,20)(H,19,21);6,8H,3-5,7H2,1-2H3;3-6,9H,1-2H3;2H,1H3;1H2. The van der Waals surface area contributed by atoms with E-state index in [0.29, 0.717) is 35.7 Å². The zero-order valence-electron chi connectivity index (χ0n) is 29.4. The number of para-hydroxylation sites is 2. The molecule has 4 aromatic rings. The molecule has 12 nitrogen and oxygen atoms in total. The lowest BCUT2D eigenvalue weighted by Gasteiger charge is -2.18. The van der Waals surface area contributed by atoms with Crippen molar-refractivity contribution < 1.29 is 23.9 Å². The molecule has 1 unspecified atom stereocenters. The number of carbonyl (C=O) groups is 3. The van der Waals surface area contributed by atoms with E-state index in [1.54, 1.807) is 14.2 Å². The number of rotatable bonds is 9. The van der Waals surface area contributed by atoms with E-state index < -0.39 is 0 Å². The van der Waals surface area contributed by atoms with E-state index in [2.05, 4.69) is 68.9 Å². The summed E-state index contributed by atoms with van der Waals surface area (Å²) in [7, 11) is 11.2. The number of anilines is 4. The van der Waals surface area contributed by atoms with Gasteiger partial charge in [0.15, 0.2) is 11.6 Å². The Bertz CT molecular complexity index is 1500. The Morgan fingerprint density at radius 1 is 0.875 bits per heavy atom. The maximum atomic E-state index is 10.2. The second-order valence-electron chi connectivity index (χ2n) is 10.6. The first-order valence-corrected chi connectivity index (χ1v) is 15.4. The van der Waals surface area contributed by atoms with Gasteiger partial charge >= 0.3 is 0 Å². The fraction of sp³-hybridized carbons (Fsp3) is 0.361. The van der Waals surface area contributed by atoms with Crippen LogP contribution in [0.1, 0.15) is 18.9 Å². The normalized spacial score (nSPS) is 13.1. The van der Waals surface area contributed by atoms with Gasteiger partial charge in [0.1, 0.15) is 30.9 Å². The first-order valence-electron chi connectivity index (χ1n) is 15.4. The summed E-state index contributed by atoms with van der Waals surface area (Å²) in [5, 5.41) is 9.40. The minimum absolute atomic E-state index is 0.602. The highest BCUT2D eigenvalue weighted by molar-refractivity contribution is 5.82. The number of aldehydes is 2. The molecular weight excluding hydrogens is 610 g/mol. The number of ether oxygens (including phenoxy) is 2. The first-order chi connectivity index (χ1) is 23.2. The second kappa shape index (κ2) is 23.3. The van der Waals surface area contributed by atoms with Crippen molar-refractivity contribution in [1.82, 2.24) is 19.8 Å². The van der Waals surface area contributed by atoms with Gasteiger partial charge in [0.25, 0.3) is 0 Å². The fourth-order valence-corrected chi connectivity index (χ4v) is 4.58. The summed E-state index contributed by atoms with van der Waals surface area (Å²) in [6.45, 7) is 8.25. The van der Waals surface area contributed by atoms with Gasteiger partial charge in [-0.05, 0) is 64.2 Å². The van der Waals surface area contributed by atoms with Crippen molar-refractivity contribution in [2.24, 2.45) is 0 Å². The van der Waals surface area contributed by atoms with E-state index in [1.165, 1.54) is 24.6 Å². The van der Waals surface area contributed by atoms with Crippen LogP contribution in [0, 0.1) is 6.92 Å². The summed E-state index contributed by atoms with van der Waals surface area (Å²) in [4.78, 5) is 40.6. The number of hydrogen-bond acceptors (Lipinski definition) is 12. The number of aromatic nitrogens is 2. The molecule has 260 valence electrons. The van der Waals surface area contributed by atoms with Crippen LogP contribution in [0.25, 0.3) is 11.0 Å². The Hall–Kier alpha value is -5.07. The number of fused-ring (bicyclic) bond motifs is 1. The summed E-state index contributed by atoms with van der Waals surface area (Å²) < 4.78 is 10.6. The van der Waals surface area contributed by atoms with E-state index in [1.807, 2.05) is 75.5 Å². The number of likely N-dealkylation sites (N-methyl/N-ethyl adjacent to an activating group) is 1. The molecule has 1 aliphatic rings. The van der Waals surface area contributed by atoms with Crippen LogP contribution in [0.3, 0.4) is 0 Å². The van der Waals surface area contributed by atoms with Gasteiger partial charge in [-0.2, -0.15) is 0 Å². The van der Waals surface area contributed by atoms with E-state index >= 15 is 0 Å². The monoisotopic (exact) mass is 661 g/mol. The van der Waals surface area contributed by atoms with Crippen molar-refractivity contribution in [3.05, 3.63) is 72.3 Å². The third-order valence-electron chi connectivity index (χ3n) is 7.04. The minimum Gasteiger partial charge on any atom is -0.497 e. The summed E-state index contributed by atoms with van der Waals surface area (Å²) in [5.41, 5.74) is 4.94. The maximum Gasteiger partial charge on any atom is 0.174 e. The molecule has 1 atom stereocenters. The number of hydrogen-bond donors (Lipinski definition) is 3. The van der Waals surface area contributed by atoms with Crippen LogP contribution in [0.5, 0.6) is 11.5 Å². The van der Waals surface area contributed by atoms with Gasteiger partial charge in [0, 0.05) is 62.8 Å². The third-order valence-corrected chi connectivity index (χ3v) is 7.04. The number of nitrogens with zero attached hydrogens (tertiary/aromatic N) is 4. The molecule has 0 radical (unpaired) electrons. The Morgan fingerprint density at radius 3 is 1.90 bits per heavy atom. The maximum absolute atomic E-state index is 10.2. The molecule has 3 N–H and O–H groups in total. The predicted octanol–water partition coefficient (Wildman–Crippen LogP) is 5.31. The highest BCUT2D eigenvalue weighted by Crippen LogP contribution is 2.30. The molecule has 1 aromatic heterocycles. The SMILES string of the molecule is C=O.CC=O.CN(C)C1CCN(CC=O)C1.CNc1cccc(C)c1.CNc1nc2ccccc2nc1Nc1cc(OC)cc(OC)c1. The van der Waals surface area contributed by atoms with Crippen LogP contribution in [-0.2, 0) is 14.4 Å². The molecule has 1 aliphatic heterocycles. The molecule has 48 heavy (non-hydrogen) atoms. The molecule has 2 heterocycles. The van der Waals surface area contributed by atoms with Crippen LogP contribution in [0.2, 0.25) is 0 Å². The number of benzene rings is 3. The quantitative estimate of drug-likeness (QED) is 0.201. The second-order valence-corrected chi connectivity index (χ2v) is 10.6. The van der Waals surface area contributed by atoms with Gasteiger partial charge < -0.3 is 44.7 Å². The smallest absolute Gasteiger partial charge is 0.174 e. The molecule has 3 aromatic carbocycles. The van der Waals surface area contributed by atoms with Crippen molar-refractivity contribution in [3.63, 3.8) is 0 Å². The van der Waals surface area contributed by atoms with Gasteiger partial charge in [-0.1, -0.05) is 24.3 Å². The molecule has 0 bridgehead atoms. The van der Waals surface area contributed by atoms with Gasteiger partial charge in [-0.15, -0.1) is 0 Å². The van der Waals surface area contributed by atoms with Crippen molar-refractivity contribution in [2.45, 2.75) is 26.3 Å². The Morgan fingerprint density at radius 2 is 1.46 bits per heavy atom. The molecule has 12 heteroatoms. The fourth-order valence-electron chi connectivity index (χ4n) is 4.58. The lowest BCUT2D eigenvalue weighted by atomic mass is 10.2. The van der Waals surface area contributed by atoms with Crippen LogP contribution in [-0.4, -0.2) is 107 Å². The van der Waals surface area contributed by atoms with Crippen molar-refractivity contribution in [3.8, 4) is 11.5 Å². The highest BCUT2D eigenvalue weighted by Gasteiger charge is 2.22. The lowest BCUT2D eigenvalue weighted by Crippen LogP contribution is -2.32. The Labute approximate surface area is 284 Å². The Balaban J connectivity index is 0.000000383. The lowest BCUT2D eigenvalue weighted by molar-refractivity contribution is -0.108. The molecule has 1 saturated heterocycles. The molecule has 5 rings (SSSR count). The van der Waals surface area contributed by atoms with Gasteiger partial charge in [-0.3, -0.25) is 4.90 Å². The van der Waals surface area contributed by atoms with Crippen molar-refractivity contribution >= 4 is 53.4 Å². The zero-order chi connectivity index (χ0) is 35.9. The Kier molecular flexibility index (Phi) is 19.9. The molecule has 0 amide bonds. The van der Waals surface area contributed by atoms with Crippen LogP contribution < -0.4 is 25.4 Å². The first kappa shape index (κ1) is 41.0. The molecule has 1 fully saturated rings. The number of likely N-dealkylation sites (tertiary alicyclic amines) is 1. The van der Waals surface area contributed by atoms with Gasteiger partial charge in [0.05, 0.1) is 31.8 Å². The number of aryl methyl sites for hydroxylation is 1. The van der Waals surface area contributed by atoms with Gasteiger partial charge in [-0.25, -0.2) is 9.97 Å². The topological polar surface area (TPSA) is 138 Å². The summed E-state index contributed by atoms with van der Waals surface area (Å²) in [6, 6.07) is 22.2. The van der Waals surface area contributed by atoms with E-state index in [-0.39, 0.29) is 0 Å². The molecular formula is C36H51N7O5. The highest BCUT2D eigenvalue weighted by atomic mass is 16.5. The summed E-state index contributed by atoms with van der Waals surface area (Å²) >= 11 is 0. The van der Waals surface area contributed by atoms with E-state index in [4.69, 9.17) is 19.1 Å². The summed E-state index contributed by atoms with van der Waals surface area (Å²) in [5.74, 6) is 2.71. The van der Waals surface area contributed by atoms with Crippen LogP contribution in [0.4, 0.5) is 23.0 Å². The largest absolute Gasteiger partial charge is 0.497 e. The predicted molar refractivity (Wildman–Crippen MR) is 196 cm³/mol. The molecule has 0 spiro atoms. The average Bonchev–Trinajstić information content (AvgIpc) is 3.59. The molecule has 0 saturated carbocycles. The number of methoxy groups -OCH3 is 2. The number of nitrogens with one attached hydrogen (secondary N) is 3. The van der Waals surface area contributed by atoms with Crippen molar-refractivity contribution in [1.29, 1.82) is 0 Å². The molecule has 0 aliphatic carbocycles. The van der Waals surface area contributed by atoms with E-state index in [0.717, 1.165) is 42.4 Å². The van der Waals surface area contributed by atoms with E-state index in [9.17, 15) is 4.79 Å². The average molecular weight is 662 g/mol. The summed E-state index contributed by atoms with van der Waals surface area (Å²) in [6.07, 6.45) is 2.93. The minimum atomic E-state index is 0.602. The van der Waals surface area contributed by atoms with Crippen molar-refractivity contribution in [2.75, 3.05) is 78.0 Å². The third kappa shape index (κ3) is 14.1. The zero-order valence-corrected chi connectivity index (χ0v) is 29.4. The number of carbonyl (C=O) groups excluding carboxylic acids is 3. The van der Waals surface area contributed by atoms with Gasteiger partial charge in [0.2, 0.25) is 0 Å². The van der Waals surface area contributed by atoms with Crippen LogP contribution in [0.15, 0.2) is 66.7 Å².